The van der Waals surface area contributed by atoms with Gasteiger partial charge in [0.1, 0.15) is 17.0 Å². The summed E-state index contributed by atoms with van der Waals surface area (Å²) in [6.07, 6.45) is -1.76. The minimum atomic E-state index is -2.86. The molecule has 2 aromatic rings. The molecule has 0 spiro atoms. The average molecular weight is 367 g/mol. The highest BCUT2D eigenvalue weighted by Crippen LogP contribution is 2.26. The van der Waals surface area contributed by atoms with Crippen molar-refractivity contribution in [1.82, 2.24) is 9.78 Å². The van der Waals surface area contributed by atoms with E-state index in [1.807, 2.05) is 13.8 Å². The van der Waals surface area contributed by atoms with Gasteiger partial charge in [-0.2, -0.15) is 5.10 Å². The maximum absolute atomic E-state index is 13.4. The van der Waals surface area contributed by atoms with Crippen LogP contribution < -0.4 is 10.1 Å². The summed E-state index contributed by atoms with van der Waals surface area (Å²) in [5, 5.41) is 15.4. The van der Waals surface area contributed by atoms with Gasteiger partial charge in [-0.3, -0.25) is 9.48 Å². The Kier molecular flexibility index (Phi) is 5.91. The van der Waals surface area contributed by atoms with Crippen LogP contribution in [0.1, 0.15) is 46.7 Å². The molecule has 0 radical (unpaired) electrons. The molecule has 0 saturated carbocycles. The number of nitrogens with zero attached hydrogens (tertiary/aromatic N) is 2. The molecular weight excluding hydrogens is 348 g/mol. The zero-order valence-electron chi connectivity index (χ0n) is 14.5. The van der Waals surface area contributed by atoms with Crippen molar-refractivity contribution in [2.75, 3.05) is 12.4 Å². The molecule has 7 nitrogen and oxygen atoms in total. The van der Waals surface area contributed by atoms with E-state index in [2.05, 4.69) is 10.4 Å². The topological polar surface area (TPSA) is 93.5 Å². The van der Waals surface area contributed by atoms with E-state index in [0.29, 0.717) is 0 Å². The van der Waals surface area contributed by atoms with Crippen LogP contribution in [0.4, 0.5) is 14.5 Å². The number of carbonyl (C=O) groups is 2. The predicted molar refractivity (Wildman–Crippen MR) is 89.9 cm³/mol. The van der Waals surface area contributed by atoms with Crippen molar-refractivity contribution < 1.29 is 28.2 Å². The first-order valence-corrected chi connectivity index (χ1v) is 7.81. The summed E-state index contributed by atoms with van der Waals surface area (Å²) in [7, 11) is 1.29. The fraction of sp³-hybridized carbons (Fsp3) is 0.353. The number of amides is 1. The monoisotopic (exact) mass is 367 g/mol. The summed E-state index contributed by atoms with van der Waals surface area (Å²) < 4.78 is 32.9. The first kappa shape index (κ1) is 19.4. The maximum Gasteiger partial charge on any atom is 0.339 e. The first-order valence-electron chi connectivity index (χ1n) is 7.81. The molecule has 0 aliphatic carbocycles. The van der Waals surface area contributed by atoms with E-state index in [1.54, 1.807) is 0 Å². The molecule has 1 heterocycles. The summed E-state index contributed by atoms with van der Waals surface area (Å²) in [6, 6.07) is 3.92. The molecule has 0 aliphatic heterocycles. The van der Waals surface area contributed by atoms with Crippen molar-refractivity contribution in [3.05, 3.63) is 41.2 Å². The van der Waals surface area contributed by atoms with E-state index < -0.39 is 24.0 Å². The zero-order valence-corrected chi connectivity index (χ0v) is 14.5. The summed E-state index contributed by atoms with van der Waals surface area (Å²) in [5.41, 5.74) is -0.551. The molecular formula is C17H19F2N3O4. The average Bonchev–Trinajstić information content (AvgIpc) is 2.97. The number of anilines is 1. The Morgan fingerprint density at radius 1 is 1.31 bits per heavy atom. The highest BCUT2D eigenvalue weighted by molar-refractivity contribution is 6.05. The smallest absolute Gasteiger partial charge is 0.339 e. The molecule has 0 unspecified atom stereocenters. The Hall–Kier alpha value is -2.97. The van der Waals surface area contributed by atoms with Crippen LogP contribution in [-0.2, 0) is 6.54 Å². The highest BCUT2D eigenvalue weighted by Gasteiger charge is 2.25. The number of benzene rings is 1. The normalized spacial score (nSPS) is 11.0. The lowest BCUT2D eigenvalue weighted by molar-refractivity contribution is 0.0693. The van der Waals surface area contributed by atoms with Gasteiger partial charge in [-0.15, -0.1) is 0 Å². The van der Waals surface area contributed by atoms with Crippen LogP contribution in [0.3, 0.4) is 0 Å². The van der Waals surface area contributed by atoms with Crippen molar-refractivity contribution in [3.63, 3.8) is 0 Å². The van der Waals surface area contributed by atoms with Crippen LogP contribution in [0.5, 0.6) is 5.75 Å². The van der Waals surface area contributed by atoms with Gasteiger partial charge < -0.3 is 15.2 Å². The number of aromatic carboxylic acids is 1. The van der Waals surface area contributed by atoms with Crippen molar-refractivity contribution >= 4 is 17.6 Å². The van der Waals surface area contributed by atoms with Crippen LogP contribution in [-0.4, -0.2) is 33.9 Å². The number of alkyl halides is 2. The van der Waals surface area contributed by atoms with Gasteiger partial charge in [0.2, 0.25) is 0 Å². The third-order valence-corrected chi connectivity index (χ3v) is 3.56. The molecule has 2 rings (SSSR count). The van der Waals surface area contributed by atoms with Gasteiger partial charge >= 0.3 is 5.97 Å². The zero-order chi connectivity index (χ0) is 19.4. The van der Waals surface area contributed by atoms with Crippen LogP contribution >= 0.6 is 0 Å². The Labute approximate surface area is 148 Å². The lowest BCUT2D eigenvalue weighted by atomic mass is 10.1. The molecule has 0 aliphatic rings. The Morgan fingerprint density at radius 3 is 2.54 bits per heavy atom. The second kappa shape index (κ2) is 7.94. The number of aromatic nitrogens is 2. The SMILES string of the molecule is COc1cc(NC(=O)c2cnn(CC(C)C)c2C(F)F)ccc1C(=O)O. The molecule has 26 heavy (non-hydrogen) atoms. The molecule has 0 atom stereocenters. The number of rotatable bonds is 7. The van der Waals surface area contributed by atoms with E-state index in [1.165, 1.54) is 25.3 Å². The van der Waals surface area contributed by atoms with Gasteiger partial charge in [-0.1, -0.05) is 13.8 Å². The number of carboxylic acids is 1. The standard InChI is InChI=1S/C17H19F2N3O4/c1-9(2)8-22-14(15(18)19)12(7-20-22)16(23)21-10-4-5-11(17(24)25)13(6-10)26-3/h4-7,9,15H,8H2,1-3H3,(H,21,23)(H,24,25). The van der Waals surface area contributed by atoms with Crippen molar-refractivity contribution in [1.29, 1.82) is 0 Å². The van der Waals surface area contributed by atoms with E-state index in [-0.39, 0.29) is 35.0 Å². The van der Waals surface area contributed by atoms with Gasteiger partial charge in [0, 0.05) is 18.3 Å². The van der Waals surface area contributed by atoms with Gasteiger partial charge in [0.15, 0.2) is 0 Å². The fourth-order valence-electron chi connectivity index (χ4n) is 2.44. The third kappa shape index (κ3) is 4.16. The second-order valence-electron chi connectivity index (χ2n) is 5.99. The largest absolute Gasteiger partial charge is 0.496 e. The van der Waals surface area contributed by atoms with Crippen LogP contribution in [0.2, 0.25) is 0 Å². The highest BCUT2D eigenvalue weighted by atomic mass is 19.3. The first-order chi connectivity index (χ1) is 12.2. The van der Waals surface area contributed by atoms with Crippen molar-refractivity contribution in [2.45, 2.75) is 26.8 Å². The van der Waals surface area contributed by atoms with Crippen molar-refractivity contribution in [3.8, 4) is 5.75 Å². The molecule has 0 fully saturated rings. The number of nitrogens with one attached hydrogen (secondary N) is 1. The number of methoxy groups -OCH3 is 1. The van der Waals surface area contributed by atoms with Gasteiger partial charge in [-0.05, 0) is 18.1 Å². The minimum Gasteiger partial charge on any atom is -0.496 e. The molecule has 0 bridgehead atoms. The quantitative estimate of drug-likeness (QED) is 0.782. The van der Waals surface area contributed by atoms with Crippen molar-refractivity contribution in [2.24, 2.45) is 5.92 Å². The lowest BCUT2D eigenvalue weighted by Gasteiger charge is -2.12. The van der Waals surface area contributed by atoms with E-state index in [9.17, 15) is 18.4 Å². The number of halogens is 2. The summed E-state index contributed by atoms with van der Waals surface area (Å²) in [6.45, 7) is 3.97. The summed E-state index contributed by atoms with van der Waals surface area (Å²) in [5.74, 6) is -1.83. The lowest BCUT2D eigenvalue weighted by Crippen LogP contribution is -2.16. The van der Waals surface area contributed by atoms with Gasteiger partial charge in [0.25, 0.3) is 12.3 Å². The summed E-state index contributed by atoms with van der Waals surface area (Å²) >= 11 is 0. The molecule has 1 aromatic carbocycles. The fourth-order valence-corrected chi connectivity index (χ4v) is 2.44. The summed E-state index contributed by atoms with van der Waals surface area (Å²) in [4.78, 5) is 23.5. The van der Waals surface area contributed by atoms with E-state index in [0.717, 1.165) is 10.9 Å². The molecule has 2 N–H and O–H groups in total. The van der Waals surface area contributed by atoms with Gasteiger partial charge in [0.05, 0.1) is 18.9 Å². The number of carbonyl (C=O) groups excluding carboxylic acids is 1. The Bertz CT molecular complexity index is 818. The number of hydrogen-bond donors (Lipinski definition) is 2. The molecule has 1 aromatic heterocycles. The molecule has 9 heteroatoms. The minimum absolute atomic E-state index is 0.0416. The van der Waals surface area contributed by atoms with Crippen LogP contribution in [0.25, 0.3) is 0 Å². The number of carboxylic acid groups (broad SMARTS) is 1. The number of hydrogen-bond acceptors (Lipinski definition) is 4. The van der Waals surface area contributed by atoms with E-state index in [4.69, 9.17) is 9.84 Å². The van der Waals surface area contributed by atoms with Crippen LogP contribution in [0, 0.1) is 5.92 Å². The van der Waals surface area contributed by atoms with Crippen LogP contribution in [0.15, 0.2) is 24.4 Å². The number of ether oxygens (including phenoxy) is 1. The molecule has 140 valence electrons. The van der Waals surface area contributed by atoms with Gasteiger partial charge in [-0.25, -0.2) is 13.6 Å². The molecule has 1 amide bonds. The maximum atomic E-state index is 13.4. The third-order valence-electron chi connectivity index (χ3n) is 3.56. The Balaban J connectivity index is 2.30. The van der Waals surface area contributed by atoms with E-state index >= 15 is 0 Å². The molecule has 0 saturated heterocycles. The predicted octanol–water partition coefficient (Wildman–Crippen LogP) is 3.44. The Morgan fingerprint density at radius 2 is 2.00 bits per heavy atom. The second-order valence-corrected chi connectivity index (χ2v) is 5.99.